The molecule has 0 bridgehead atoms. The Labute approximate surface area is 273 Å². The zero-order valence-corrected chi connectivity index (χ0v) is 28.7. The molecule has 2 aliphatic carbocycles. The summed E-state index contributed by atoms with van der Waals surface area (Å²) < 4.78 is 21.9. The van der Waals surface area contributed by atoms with Gasteiger partial charge >= 0.3 is 6.09 Å². The maximum absolute atomic E-state index is 14.4. The lowest BCUT2D eigenvalue weighted by Crippen LogP contribution is -2.43. The summed E-state index contributed by atoms with van der Waals surface area (Å²) in [7, 11) is 4.03. The number of hydrogen-bond acceptors (Lipinski definition) is 5. The van der Waals surface area contributed by atoms with Crippen LogP contribution in [0.15, 0.2) is 42.9 Å². The minimum atomic E-state index is -0.478. The maximum Gasteiger partial charge on any atom is 0.407 e. The Morgan fingerprint density at radius 2 is 1.74 bits per heavy atom. The number of benzene rings is 1. The van der Waals surface area contributed by atoms with Gasteiger partial charge in [-0.1, -0.05) is 0 Å². The predicted octanol–water partition coefficient (Wildman–Crippen LogP) is 7.69. The van der Waals surface area contributed by atoms with Gasteiger partial charge in [0.05, 0.1) is 23.0 Å². The zero-order chi connectivity index (χ0) is 33.2. The van der Waals surface area contributed by atoms with Crippen molar-refractivity contribution in [1.82, 2.24) is 24.7 Å². The van der Waals surface area contributed by atoms with Crippen molar-refractivity contribution in [2.24, 2.45) is 5.92 Å². The zero-order valence-electron chi connectivity index (χ0n) is 28.7. The Bertz CT molecular complexity index is 1510. The Morgan fingerprint density at radius 1 is 1.04 bits per heavy atom. The van der Waals surface area contributed by atoms with Crippen molar-refractivity contribution in [3.8, 4) is 5.69 Å². The second-order valence-corrected chi connectivity index (χ2v) is 14.8. The summed E-state index contributed by atoms with van der Waals surface area (Å²) in [6, 6.07) is 7.30. The third-order valence-corrected chi connectivity index (χ3v) is 10.1. The van der Waals surface area contributed by atoms with E-state index in [1.54, 1.807) is 18.0 Å². The van der Waals surface area contributed by atoms with Gasteiger partial charge in [-0.3, -0.25) is 9.78 Å². The topological polar surface area (TPSA) is 79.7 Å². The van der Waals surface area contributed by atoms with Crippen LogP contribution in [0.2, 0.25) is 0 Å². The molecule has 0 saturated heterocycles. The van der Waals surface area contributed by atoms with E-state index in [1.807, 2.05) is 51.6 Å². The number of aromatic nitrogens is 2. The first-order valence-corrected chi connectivity index (χ1v) is 17.0. The maximum atomic E-state index is 14.4. The standard InChI is InChI=1S/C37H52FN5O3/c1-24(2)42(7)35(44)31-20-27(38)12-17-33(31)43-23-32(30-18-19-39-21-34(30)43)26-10-15-29(16-11-26)41(6)22-25-8-13-28(14-9-25)40-36(45)46-37(3,4)5/h12,17-21,23-26,28-29H,8-11,13-16,22H2,1-7H3,(H,40,45)/t25-,26?,28-,29?. The predicted molar refractivity (Wildman–Crippen MR) is 181 cm³/mol. The highest BCUT2D eigenvalue weighted by atomic mass is 19.1. The molecule has 0 radical (unpaired) electrons. The van der Waals surface area contributed by atoms with Crippen LogP contribution in [-0.2, 0) is 4.74 Å². The Hall–Kier alpha value is -3.46. The van der Waals surface area contributed by atoms with Crippen molar-refractivity contribution < 1.29 is 18.7 Å². The highest BCUT2D eigenvalue weighted by molar-refractivity contribution is 5.99. The highest BCUT2D eigenvalue weighted by Gasteiger charge is 2.31. The van der Waals surface area contributed by atoms with Gasteiger partial charge in [-0.2, -0.15) is 0 Å². The minimum absolute atomic E-state index is 0.00763. The summed E-state index contributed by atoms with van der Waals surface area (Å²) in [4.78, 5) is 34.2. The van der Waals surface area contributed by atoms with Gasteiger partial charge in [-0.05, 0) is 135 Å². The quantitative estimate of drug-likeness (QED) is 0.275. The number of pyridine rings is 1. The fourth-order valence-electron chi connectivity index (χ4n) is 7.29. The summed E-state index contributed by atoms with van der Waals surface area (Å²) in [5, 5.41) is 4.20. The molecule has 250 valence electrons. The van der Waals surface area contributed by atoms with Crippen molar-refractivity contribution in [2.75, 3.05) is 20.6 Å². The number of alkyl carbamates (subject to hydrolysis) is 1. The van der Waals surface area contributed by atoms with E-state index in [0.29, 0.717) is 29.1 Å². The van der Waals surface area contributed by atoms with E-state index in [2.05, 4.69) is 34.5 Å². The number of amides is 2. The summed E-state index contributed by atoms with van der Waals surface area (Å²) in [5.74, 6) is 0.426. The molecule has 2 fully saturated rings. The van der Waals surface area contributed by atoms with E-state index in [1.165, 1.54) is 17.7 Å². The molecule has 9 heteroatoms. The Morgan fingerprint density at radius 3 is 2.39 bits per heavy atom. The molecule has 1 N–H and O–H groups in total. The Balaban J connectivity index is 1.23. The minimum Gasteiger partial charge on any atom is -0.444 e. The summed E-state index contributed by atoms with van der Waals surface area (Å²) >= 11 is 0. The van der Waals surface area contributed by atoms with Gasteiger partial charge in [0.15, 0.2) is 0 Å². The lowest BCUT2D eigenvalue weighted by atomic mass is 9.80. The van der Waals surface area contributed by atoms with Gasteiger partial charge in [0.25, 0.3) is 5.91 Å². The van der Waals surface area contributed by atoms with E-state index in [4.69, 9.17) is 4.74 Å². The number of carbonyl (C=O) groups excluding carboxylic acids is 2. The lowest BCUT2D eigenvalue weighted by Gasteiger charge is -2.38. The number of hydrogen-bond donors (Lipinski definition) is 1. The van der Waals surface area contributed by atoms with Crippen LogP contribution in [0.1, 0.15) is 108 Å². The molecule has 2 amide bonds. The average Bonchev–Trinajstić information content (AvgIpc) is 3.40. The fraction of sp³-hybridized carbons (Fsp3) is 0.595. The van der Waals surface area contributed by atoms with Gasteiger partial charge in [0.1, 0.15) is 11.4 Å². The van der Waals surface area contributed by atoms with Crippen LogP contribution in [0.5, 0.6) is 0 Å². The molecule has 2 heterocycles. The SMILES string of the molecule is CC(C)N(C)C(=O)c1cc(F)ccc1-n1cc(C2CCC(N(C)C[C@H]3CC[C@H](NC(=O)OC(C)(C)C)CC3)CC2)c2ccncc21. The molecule has 1 aromatic carbocycles. The smallest absolute Gasteiger partial charge is 0.407 e. The van der Waals surface area contributed by atoms with Crippen LogP contribution in [0, 0.1) is 11.7 Å². The van der Waals surface area contributed by atoms with Gasteiger partial charge in [0.2, 0.25) is 0 Å². The molecule has 8 nitrogen and oxygen atoms in total. The van der Waals surface area contributed by atoms with Crippen LogP contribution in [0.3, 0.4) is 0 Å². The van der Waals surface area contributed by atoms with E-state index >= 15 is 0 Å². The van der Waals surface area contributed by atoms with Crippen molar-refractivity contribution in [1.29, 1.82) is 0 Å². The number of nitrogens with one attached hydrogen (secondary N) is 1. The van der Waals surface area contributed by atoms with E-state index in [9.17, 15) is 14.0 Å². The van der Waals surface area contributed by atoms with Gasteiger partial charge in [0, 0.05) is 49.5 Å². The van der Waals surface area contributed by atoms with E-state index < -0.39 is 11.4 Å². The number of nitrogens with zero attached hydrogens (tertiary/aromatic N) is 4. The van der Waals surface area contributed by atoms with Gasteiger partial charge < -0.3 is 24.4 Å². The number of rotatable bonds is 8. The molecule has 5 rings (SSSR count). The molecule has 0 atom stereocenters. The van der Waals surface area contributed by atoms with Gasteiger partial charge in [-0.15, -0.1) is 0 Å². The van der Waals surface area contributed by atoms with Crippen molar-refractivity contribution in [2.45, 2.75) is 116 Å². The molecule has 46 heavy (non-hydrogen) atoms. The second-order valence-electron chi connectivity index (χ2n) is 14.8. The van der Waals surface area contributed by atoms with Crippen molar-refractivity contribution in [3.05, 3.63) is 59.8 Å². The molecule has 3 aromatic rings. The first-order valence-electron chi connectivity index (χ1n) is 17.0. The molecule has 2 aromatic heterocycles. The Kier molecular flexibility index (Phi) is 10.4. The van der Waals surface area contributed by atoms with Gasteiger partial charge in [-0.25, -0.2) is 9.18 Å². The molecule has 2 saturated carbocycles. The van der Waals surface area contributed by atoms with Crippen LogP contribution in [0.25, 0.3) is 16.6 Å². The van der Waals surface area contributed by atoms with E-state index in [0.717, 1.165) is 68.8 Å². The van der Waals surface area contributed by atoms with Crippen LogP contribution in [-0.4, -0.2) is 75.7 Å². The number of fused-ring (bicyclic) bond motifs is 1. The van der Waals surface area contributed by atoms with Crippen LogP contribution in [0.4, 0.5) is 9.18 Å². The lowest BCUT2D eigenvalue weighted by molar-refractivity contribution is 0.0481. The van der Waals surface area contributed by atoms with Crippen LogP contribution < -0.4 is 5.32 Å². The number of carbonyl (C=O) groups is 2. The normalized spacial score (nSPS) is 22.3. The monoisotopic (exact) mass is 633 g/mol. The summed E-state index contributed by atoms with van der Waals surface area (Å²) in [6.07, 6.45) is 14.2. The second kappa shape index (κ2) is 14.1. The summed E-state index contributed by atoms with van der Waals surface area (Å²) in [6.45, 7) is 10.7. The average molecular weight is 634 g/mol. The molecular formula is C37H52FN5O3. The number of ether oxygens (including phenoxy) is 1. The molecule has 0 spiro atoms. The van der Waals surface area contributed by atoms with E-state index in [-0.39, 0.29) is 24.1 Å². The molecule has 2 aliphatic rings. The first kappa shape index (κ1) is 33.9. The third kappa shape index (κ3) is 7.91. The first-order chi connectivity index (χ1) is 21.8. The van der Waals surface area contributed by atoms with Crippen molar-refractivity contribution >= 4 is 22.9 Å². The highest BCUT2D eigenvalue weighted by Crippen LogP contribution is 2.40. The van der Waals surface area contributed by atoms with Crippen LogP contribution >= 0.6 is 0 Å². The molecule has 0 aliphatic heterocycles. The molecular weight excluding hydrogens is 581 g/mol. The molecule has 0 unspecified atom stereocenters. The summed E-state index contributed by atoms with van der Waals surface area (Å²) in [5.41, 5.74) is 2.75. The largest absolute Gasteiger partial charge is 0.444 e. The van der Waals surface area contributed by atoms with Crippen molar-refractivity contribution in [3.63, 3.8) is 0 Å². The third-order valence-electron chi connectivity index (χ3n) is 10.1. The number of halogens is 1. The fourth-order valence-corrected chi connectivity index (χ4v) is 7.29.